The Kier molecular flexibility index (Phi) is 3.68. The van der Waals surface area contributed by atoms with Crippen LogP contribution in [0.15, 0.2) is 30.9 Å². The molecule has 0 aromatic carbocycles. The molecule has 0 aliphatic rings. The van der Waals surface area contributed by atoms with E-state index in [4.69, 9.17) is 0 Å². The molecule has 0 saturated carbocycles. The molecular weight excluding hydrogens is 367 g/mol. The number of ether oxygens (including phenoxy) is 1. The molecule has 0 unspecified atom stereocenters. The van der Waals surface area contributed by atoms with Gasteiger partial charge >= 0.3 is 12.1 Å². The predicted molar refractivity (Wildman–Crippen MR) is 84.5 cm³/mol. The number of pyridine rings is 1. The van der Waals surface area contributed by atoms with Crippen LogP contribution in [-0.4, -0.2) is 47.6 Å². The summed E-state index contributed by atoms with van der Waals surface area (Å²) in [5.41, 5.74) is 1.51. The quantitative estimate of drug-likeness (QED) is 0.530. The first-order chi connectivity index (χ1) is 12.9. The lowest BCUT2D eigenvalue weighted by atomic mass is 10.2. The molecule has 9 nitrogen and oxygen atoms in total. The topological polar surface area (TPSA) is 114 Å². The average molecular weight is 377 g/mol. The monoisotopic (exact) mass is 377 g/mol. The molecule has 4 aromatic rings. The number of hydrogen-bond donors (Lipinski definition) is 2. The summed E-state index contributed by atoms with van der Waals surface area (Å²) in [6.45, 7) is 0. The molecule has 0 fully saturated rings. The predicted octanol–water partition coefficient (Wildman–Crippen LogP) is 2.31. The lowest BCUT2D eigenvalue weighted by Crippen LogP contribution is -2.07. The van der Waals surface area contributed by atoms with Crippen molar-refractivity contribution in [3.05, 3.63) is 42.2 Å². The molecule has 12 heteroatoms. The van der Waals surface area contributed by atoms with Gasteiger partial charge in [-0.3, -0.25) is 9.50 Å². The number of H-pyrrole nitrogens is 2. The molecule has 4 rings (SSSR count). The maximum Gasteiger partial charge on any atom is 0.451 e. The van der Waals surface area contributed by atoms with Gasteiger partial charge in [0.15, 0.2) is 0 Å². The smallest absolute Gasteiger partial charge is 0.451 e. The number of imidazole rings is 2. The maximum absolute atomic E-state index is 12.8. The van der Waals surface area contributed by atoms with Gasteiger partial charge in [0.2, 0.25) is 11.6 Å². The minimum absolute atomic E-state index is 0.0908. The van der Waals surface area contributed by atoms with E-state index in [1.165, 1.54) is 31.8 Å². The maximum atomic E-state index is 12.8. The molecule has 0 bridgehead atoms. The Bertz CT molecular complexity index is 1130. The number of aromatic amines is 2. The Balaban J connectivity index is 1.94. The van der Waals surface area contributed by atoms with Crippen molar-refractivity contribution in [1.29, 1.82) is 0 Å². The number of rotatable bonds is 3. The molecule has 0 spiro atoms. The second-order valence-corrected chi connectivity index (χ2v) is 5.41. The third kappa shape index (κ3) is 2.80. The van der Waals surface area contributed by atoms with Gasteiger partial charge in [-0.1, -0.05) is 0 Å². The highest BCUT2D eigenvalue weighted by Gasteiger charge is 2.36. The zero-order valence-corrected chi connectivity index (χ0v) is 13.6. The molecule has 4 aromatic heterocycles. The molecule has 0 atom stereocenters. The van der Waals surface area contributed by atoms with E-state index in [1.54, 1.807) is 10.6 Å². The van der Waals surface area contributed by atoms with Gasteiger partial charge in [-0.05, 0) is 12.1 Å². The van der Waals surface area contributed by atoms with Crippen molar-refractivity contribution in [3.63, 3.8) is 0 Å². The van der Waals surface area contributed by atoms with Crippen LogP contribution < -0.4 is 0 Å². The molecule has 138 valence electrons. The number of alkyl halides is 3. The largest absolute Gasteiger partial charge is 0.465 e. The van der Waals surface area contributed by atoms with Gasteiger partial charge in [-0.15, -0.1) is 0 Å². The number of methoxy groups -OCH3 is 1. The van der Waals surface area contributed by atoms with E-state index in [1.807, 2.05) is 5.10 Å². The van der Waals surface area contributed by atoms with Crippen molar-refractivity contribution in [2.24, 2.45) is 0 Å². The first-order valence-electron chi connectivity index (χ1n) is 7.47. The van der Waals surface area contributed by atoms with Crippen LogP contribution in [0.1, 0.15) is 16.2 Å². The Hall–Kier alpha value is -3.70. The molecule has 0 aliphatic carbocycles. The van der Waals surface area contributed by atoms with Gasteiger partial charge in [0.05, 0.1) is 30.9 Å². The number of aromatic nitrogens is 7. The second kappa shape index (κ2) is 5.93. The summed E-state index contributed by atoms with van der Waals surface area (Å²) in [5, 5.41) is 5.50. The lowest BCUT2D eigenvalue weighted by molar-refractivity contribution is -0.144. The number of halogens is 3. The zero-order valence-electron chi connectivity index (χ0n) is 13.6. The fourth-order valence-corrected chi connectivity index (χ4v) is 2.58. The summed E-state index contributed by atoms with van der Waals surface area (Å²) in [7, 11) is 1.24. The minimum atomic E-state index is -4.67. The number of esters is 1. The van der Waals surface area contributed by atoms with Gasteiger partial charge in [0.1, 0.15) is 17.0 Å². The van der Waals surface area contributed by atoms with Crippen LogP contribution in [0.4, 0.5) is 13.2 Å². The second-order valence-electron chi connectivity index (χ2n) is 5.41. The summed E-state index contributed by atoms with van der Waals surface area (Å²) < 4.78 is 44.8. The van der Waals surface area contributed by atoms with Gasteiger partial charge in [0, 0.05) is 6.20 Å². The Morgan fingerprint density at radius 2 is 2.11 bits per heavy atom. The summed E-state index contributed by atoms with van der Waals surface area (Å²) in [6, 6.07) is 2.95. The summed E-state index contributed by atoms with van der Waals surface area (Å²) >= 11 is 0. The van der Waals surface area contributed by atoms with Gasteiger partial charge in [-0.25, -0.2) is 19.7 Å². The number of fused-ring (bicyclic) bond motifs is 1. The molecule has 4 heterocycles. The van der Waals surface area contributed by atoms with E-state index in [0.29, 0.717) is 17.0 Å². The van der Waals surface area contributed by atoms with Crippen molar-refractivity contribution >= 4 is 11.6 Å². The van der Waals surface area contributed by atoms with E-state index in [9.17, 15) is 18.0 Å². The number of carbonyl (C=O) groups excluding carboxylic acids is 1. The summed E-state index contributed by atoms with van der Waals surface area (Å²) in [5.74, 6) is -2.04. The van der Waals surface area contributed by atoms with E-state index in [2.05, 4.69) is 29.8 Å². The number of nitrogens with zero attached hydrogens (tertiary/aromatic N) is 5. The normalized spacial score (nSPS) is 11.9. The Morgan fingerprint density at radius 1 is 1.30 bits per heavy atom. The van der Waals surface area contributed by atoms with Crippen molar-refractivity contribution < 1.29 is 22.7 Å². The fraction of sp³-hybridized carbons (Fsp3) is 0.133. The Labute approximate surface area is 148 Å². The highest BCUT2D eigenvalue weighted by atomic mass is 19.4. The number of hydrogen-bond acceptors (Lipinski definition) is 6. The molecular formula is C15H10F3N7O2. The van der Waals surface area contributed by atoms with Crippen molar-refractivity contribution in [2.75, 3.05) is 7.11 Å². The molecule has 0 saturated heterocycles. The Morgan fingerprint density at radius 3 is 2.74 bits per heavy atom. The molecule has 0 aliphatic heterocycles. The van der Waals surface area contributed by atoms with Crippen LogP contribution >= 0.6 is 0 Å². The molecule has 2 N–H and O–H groups in total. The molecule has 0 radical (unpaired) electrons. The summed E-state index contributed by atoms with van der Waals surface area (Å²) in [4.78, 5) is 26.3. The average Bonchev–Trinajstić information content (AvgIpc) is 3.36. The van der Waals surface area contributed by atoms with E-state index in [0.717, 1.165) is 0 Å². The van der Waals surface area contributed by atoms with E-state index >= 15 is 0 Å². The zero-order chi connectivity index (χ0) is 19.2. The first-order valence-corrected chi connectivity index (χ1v) is 7.47. The van der Waals surface area contributed by atoms with Crippen molar-refractivity contribution in [1.82, 2.24) is 34.5 Å². The van der Waals surface area contributed by atoms with E-state index < -0.39 is 18.0 Å². The van der Waals surface area contributed by atoms with Crippen molar-refractivity contribution in [3.8, 4) is 22.9 Å². The van der Waals surface area contributed by atoms with Crippen LogP contribution in [0, 0.1) is 0 Å². The highest BCUT2D eigenvalue weighted by Crippen LogP contribution is 2.32. The van der Waals surface area contributed by atoms with Crippen LogP contribution in [0.3, 0.4) is 0 Å². The summed E-state index contributed by atoms with van der Waals surface area (Å²) in [6.07, 6.45) is -0.221. The van der Waals surface area contributed by atoms with Gasteiger partial charge in [0.25, 0.3) is 0 Å². The molecule has 27 heavy (non-hydrogen) atoms. The number of carbonyl (C=O) groups is 1. The SMILES string of the molecule is COC(=O)c1ccn2c(-c3cnc[nH]3)c(-c3n[nH]c(C(F)(F)F)n3)nc2c1. The highest BCUT2D eigenvalue weighted by molar-refractivity contribution is 5.91. The van der Waals surface area contributed by atoms with E-state index in [-0.39, 0.29) is 17.1 Å². The van der Waals surface area contributed by atoms with Crippen LogP contribution in [0.5, 0.6) is 0 Å². The lowest BCUT2D eigenvalue weighted by Gasteiger charge is -2.02. The third-order valence-corrected chi connectivity index (χ3v) is 3.77. The third-order valence-electron chi connectivity index (χ3n) is 3.77. The van der Waals surface area contributed by atoms with Gasteiger partial charge < -0.3 is 9.72 Å². The van der Waals surface area contributed by atoms with Crippen LogP contribution in [0.2, 0.25) is 0 Å². The molecule has 0 amide bonds. The van der Waals surface area contributed by atoms with Crippen molar-refractivity contribution in [2.45, 2.75) is 6.18 Å². The standard InChI is InChI=1S/C15H10F3N7O2/c1-27-13(26)7-2-3-25-9(4-7)21-10(11(25)8-5-19-6-20-8)12-22-14(24-23-12)15(16,17)18/h2-6H,1H3,(H,19,20)(H,22,23,24). The van der Waals surface area contributed by atoms with Crippen LogP contribution in [0.25, 0.3) is 28.6 Å². The van der Waals surface area contributed by atoms with Gasteiger partial charge in [-0.2, -0.15) is 18.3 Å². The fourth-order valence-electron chi connectivity index (χ4n) is 2.58. The van der Waals surface area contributed by atoms with Crippen LogP contribution in [-0.2, 0) is 10.9 Å². The number of nitrogens with one attached hydrogen (secondary N) is 2. The minimum Gasteiger partial charge on any atom is -0.465 e. The first kappa shape index (κ1) is 16.8.